The molecule has 0 bridgehead atoms. The van der Waals surface area contributed by atoms with Crippen molar-refractivity contribution in [2.45, 2.75) is 32.2 Å². The average Bonchev–Trinajstić information content (AvgIpc) is 3.02. The Labute approximate surface area is 164 Å². The van der Waals surface area contributed by atoms with Gasteiger partial charge in [-0.15, -0.1) is 0 Å². The molecule has 1 atom stereocenters. The summed E-state index contributed by atoms with van der Waals surface area (Å²) < 4.78 is 0. The second-order valence-electron chi connectivity index (χ2n) is 7.57. The third kappa shape index (κ3) is 3.56. The third-order valence-corrected chi connectivity index (χ3v) is 5.78. The molecule has 1 aromatic heterocycles. The van der Waals surface area contributed by atoms with Gasteiger partial charge in [0.2, 0.25) is 11.8 Å². The number of likely N-dealkylation sites (N-methyl/N-ethyl adjacent to an activating group) is 1. The molecular weight excluding hydrogens is 354 g/mol. The maximum atomic E-state index is 12.7. The average molecular weight is 379 g/mol. The van der Waals surface area contributed by atoms with Crippen molar-refractivity contribution in [3.8, 4) is 0 Å². The van der Waals surface area contributed by atoms with E-state index >= 15 is 0 Å². The topological polar surface area (TPSA) is 78.4 Å². The fourth-order valence-corrected chi connectivity index (χ4v) is 4.00. The number of carbonyl (C=O) groups excluding carboxylic acids is 2. The van der Waals surface area contributed by atoms with Gasteiger partial charge in [0.05, 0.1) is 18.7 Å². The summed E-state index contributed by atoms with van der Waals surface area (Å²) in [5, 5.41) is 3.15. The summed E-state index contributed by atoms with van der Waals surface area (Å²) in [4.78, 5) is 36.9. The number of nitrogens with zero attached hydrogens (tertiary/aromatic N) is 4. The normalized spacial score (nSPS) is 18.1. The Hall–Kier alpha value is -2.96. The Morgan fingerprint density at radius 2 is 2.04 bits per heavy atom. The van der Waals surface area contributed by atoms with Crippen LogP contribution < -0.4 is 15.1 Å². The standard InChI is InChI=1S/C21H25N5O2/c1-14(16-3-4-18-17(11-16)12-20(27)25(18)2)24-21(28)15-5-9-26(10-6-15)19-13-22-7-8-23-19/h3-4,7-8,11,13-15H,5-6,9-10,12H2,1-2H3,(H,24,28). The first kappa shape index (κ1) is 18.4. The molecular formula is C21H25N5O2. The molecule has 1 N–H and O–H groups in total. The molecule has 7 heteroatoms. The smallest absolute Gasteiger partial charge is 0.231 e. The van der Waals surface area contributed by atoms with Crippen LogP contribution in [0.25, 0.3) is 0 Å². The molecule has 0 saturated carbocycles. The fourth-order valence-electron chi connectivity index (χ4n) is 4.00. The van der Waals surface area contributed by atoms with Crippen molar-refractivity contribution in [2.75, 3.05) is 29.9 Å². The summed E-state index contributed by atoms with van der Waals surface area (Å²) in [6.45, 7) is 3.60. The van der Waals surface area contributed by atoms with Gasteiger partial charge >= 0.3 is 0 Å². The number of amides is 2. The highest BCUT2D eigenvalue weighted by atomic mass is 16.2. The van der Waals surface area contributed by atoms with Crippen molar-refractivity contribution in [3.63, 3.8) is 0 Å². The van der Waals surface area contributed by atoms with Crippen molar-refractivity contribution in [3.05, 3.63) is 47.9 Å². The van der Waals surface area contributed by atoms with Gasteiger partial charge in [-0.25, -0.2) is 4.98 Å². The summed E-state index contributed by atoms with van der Waals surface area (Å²) in [6.07, 6.45) is 7.16. The number of fused-ring (bicyclic) bond motifs is 1. The number of rotatable bonds is 4. The Balaban J connectivity index is 1.34. The molecule has 1 aromatic carbocycles. The van der Waals surface area contributed by atoms with E-state index in [-0.39, 0.29) is 23.8 Å². The minimum Gasteiger partial charge on any atom is -0.355 e. The van der Waals surface area contributed by atoms with Crippen molar-refractivity contribution < 1.29 is 9.59 Å². The Bertz CT molecular complexity index is 878. The number of aromatic nitrogens is 2. The Kier molecular flexibility index (Phi) is 4.98. The molecule has 3 heterocycles. The van der Waals surface area contributed by atoms with Gasteiger partial charge in [0.25, 0.3) is 0 Å². The van der Waals surface area contributed by atoms with Crippen LogP contribution in [-0.2, 0) is 16.0 Å². The molecule has 2 aliphatic heterocycles. The zero-order valence-electron chi connectivity index (χ0n) is 16.3. The van der Waals surface area contributed by atoms with E-state index in [0.717, 1.165) is 48.6 Å². The molecule has 4 rings (SSSR count). The van der Waals surface area contributed by atoms with Gasteiger partial charge in [-0.1, -0.05) is 12.1 Å². The Morgan fingerprint density at radius 3 is 2.75 bits per heavy atom. The van der Waals surface area contributed by atoms with E-state index < -0.39 is 0 Å². The number of nitrogens with one attached hydrogen (secondary N) is 1. The summed E-state index contributed by atoms with van der Waals surface area (Å²) in [5.74, 6) is 1.09. The number of carbonyl (C=O) groups is 2. The van der Waals surface area contributed by atoms with E-state index in [4.69, 9.17) is 0 Å². The SMILES string of the molecule is CC(NC(=O)C1CCN(c2cnccn2)CC1)c1ccc2c(c1)CC(=O)N2C. The molecule has 2 aliphatic rings. The fraction of sp³-hybridized carbons (Fsp3) is 0.429. The second-order valence-corrected chi connectivity index (χ2v) is 7.57. The second kappa shape index (κ2) is 7.58. The molecule has 28 heavy (non-hydrogen) atoms. The van der Waals surface area contributed by atoms with Gasteiger partial charge in [-0.2, -0.15) is 0 Å². The van der Waals surface area contributed by atoms with Crippen LogP contribution >= 0.6 is 0 Å². The molecule has 146 valence electrons. The summed E-state index contributed by atoms with van der Waals surface area (Å²) >= 11 is 0. The first-order chi connectivity index (χ1) is 13.5. The van der Waals surface area contributed by atoms with E-state index in [1.165, 1.54) is 0 Å². The molecule has 0 radical (unpaired) electrons. The van der Waals surface area contributed by atoms with E-state index in [0.29, 0.717) is 6.42 Å². The summed E-state index contributed by atoms with van der Waals surface area (Å²) in [5.41, 5.74) is 3.03. The summed E-state index contributed by atoms with van der Waals surface area (Å²) in [7, 11) is 1.80. The molecule has 0 spiro atoms. The number of hydrogen-bond acceptors (Lipinski definition) is 5. The van der Waals surface area contributed by atoms with Crippen LogP contribution in [0.1, 0.15) is 36.9 Å². The van der Waals surface area contributed by atoms with Crippen LogP contribution in [0.5, 0.6) is 0 Å². The molecule has 0 aliphatic carbocycles. The van der Waals surface area contributed by atoms with Gasteiger partial charge < -0.3 is 15.1 Å². The minimum absolute atomic E-state index is 0.0116. The van der Waals surface area contributed by atoms with Crippen LogP contribution in [0, 0.1) is 5.92 Å². The van der Waals surface area contributed by atoms with Gasteiger partial charge in [-0.05, 0) is 37.0 Å². The lowest BCUT2D eigenvalue weighted by molar-refractivity contribution is -0.126. The minimum atomic E-state index is -0.0863. The molecule has 1 fully saturated rings. The zero-order valence-corrected chi connectivity index (χ0v) is 16.3. The molecule has 2 aromatic rings. The lowest BCUT2D eigenvalue weighted by Gasteiger charge is -2.32. The lowest BCUT2D eigenvalue weighted by atomic mass is 9.95. The summed E-state index contributed by atoms with van der Waals surface area (Å²) in [6, 6.07) is 5.92. The molecule has 2 amide bonds. The van der Waals surface area contributed by atoms with Crippen LogP contribution in [0.4, 0.5) is 11.5 Å². The van der Waals surface area contributed by atoms with Crippen molar-refractivity contribution in [1.82, 2.24) is 15.3 Å². The first-order valence-electron chi connectivity index (χ1n) is 9.73. The first-order valence-corrected chi connectivity index (χ1v) is 9.73. The maximum absolute atomic E-state index is 12.7. The van der Waals surface area contributed by atoms with Crippen LogP contribution in [-0.4, -0.2) is 41.9 Å². The zero-order chi connectivity index (χ0) is 19.7. The maximum Gasteiger partial charge on any atom is 0.231 e. The predicted octanol–water partition coefficient (Wildman–Crippen LogP) is 2.09. The Morgan fingerprint density at radius 1 is 1.25 bits per heavy atom. The highest BCUT2D eigenvalue weighted by molar-refractivity contribution is 6.00. The van der Waals surface area contributed by atoms with Crippen molar-refractivity contribution >= 4 is 23.3 Å². The number of piperidine rings is 1. The number of hydrogen-bond donors (Lipinski definition) is 1. The molecule has 1 saturated heterocycles. The van der Waals surface area contributed by atoms with E-state index in [1.807, 2.05) is 25.1 Å². The van der Waals surface area contributed by atoms with Crippen LogP contribution in [0.3, 0.4) is 0 Å². The van der Waals surface area contributed by atoms with Gasteiger partial charge in [-0.3, -0.25) is 14.6 Å². The van der Waals surface area contributed by atoms with Crippen LogP contribution in [0.15, 0.2) is 36.8 Å². The molecule has 1 unspecified atom stereocenters. The van der Waals surface area contributed by atoms with Crippen molar-refractivity contribution in [2.24, 2.45) is 5.92 Å². The van der Waals surface area contributed by atoms with E-state index in [1.54, 1.807) is 30.5 Å². The van der Waals surface area contributed by atoms with Gasteiger partial charge in [0.15, 0.2) is 0 Å². The largest absolute Gasteiger partial charge is 0.355 e. The predicted molar refractivity (Wildman–Crippen MR) is 107 cm³/mol. The lowest BCUT2D eigenvalue weighted by Crippen LogP contribution is -2.41. The monoisotopic (exact) mass is 379 g/mol. The quantitative estimate of drug-likeness (QED) is 0.880. The number of benzene rings is 1. The number of anilines is 2. The van der Waals surface area contributed by atoms with E-state index in [2.05, 4.69) is 20.2 Å². The van der Waals surface area contributed by atoms with Crippen molar-refractivity contribution in [1.29, 1.82) is 0 Å². The highest BCUT2D eigenvalue weighted by Crippen LogP contribution is 2.30. The van der Waals surface area contributed by atoms with Gasteiger partial charge in [0.1, 0.15) is 5.82 Å². The highest BCUT2D eigenvalue weighted by Gasteiger charge is 2.28. The van der Waals surface area contributed by atoms with Crippen LogP contribution in [0.2, 0.25) is 0 Å². The third-order valence-electron chi connectivity index (χ3n) is 5.78. The van der Waals surface area contributed by atoms with E-state index in [9.17, 15) is 9.59 Å². The molecule has 7 nitrogen and oxygen atoms in total. The van der Waals surface area contributed by atoms with Gasteiger partial charge in [0, 0.05) is 44.1 Å².